The molecular formula is C16H22N2O2. The second-order valence-corrected chi connectivity index (χ2v) is 5.23. The fraction of sp³-hybridized carbons (Fsp3) is 0.438. The molecule has 4 heteroatoms. The molecule has 2 aromatic rings. The number of esters is 1. The van der Waals surface area contributed by atoms with Crippen LogP contribution in [0.1, 0.15) is 23.1 Å². The van der Waals surface area contributed by atoms with Gasteiger partial charge in [-0.15, -0.1) is 0 Å². The monoisotopic (exact) mass is 274 g/mol. The van der Waals surface area contributed by atoms with Gasteiger partial charge in [0.25, 0.3) is 0 Å². The summed E-state index contributed by atoms with van der Waals surface area (Å²) in [6.45, 7) is 5.10. The Morgan fingerprint density at radius 1 is 1.35 bits per heavy atom. The van der Waals surface area contributed by atoms with E-state index in [4.69, 9.17) is 10.5 Å². The van der Waals surface area contributed by atoms with Crippen molar-refractivity contribution in [1.82, 2.24) is 4.57 Å². The fourth-order valence-electron chi connectivity index (χ4n) is 2.73. The number of hydrogen-bond donors (Lipinski definition) is 1. The van der Waals surface area contributed by atoms with Crippen molar-refractivity contribution in [3.63, 3.8) is 0 Å². The highest BCUT2D eigenvalue weighted by atomic mass is 16.5. The number of nitrogens with zero attached hydrogens (tertiary/aromatic N) is 1. The molecule has 0 spiro atoms. The number of nitrogens with two attached hydrogens (primary N) is 1. The van der Waals surface area contributed by atoms with Crippen LogP contribution in [0.4, 0.5) is 0 Å². The summed E-state index contributed by atoms with van der Waals surface area (Å²) in [5.41, 5.74) is 10.4. The standard InChI is InChI=1S/C16H22N2O2/c1-11-7-12(2)16-14(8-11)13(5-4-6-17)9-18(16)10-15(19)20-3/h7-9H,4-6,10,17H2,1-3H3. The van der Waals surface area contributed by atoms with E-state index in [1.54, 1.807) is 0 Å². The Balaban J connectivity index is 2.54. The Hall–Kier alpha value is -1.81. The van der Waals surface area contributed by atoms with Gasteiger partial charge in [0.2, 0.25) is 0 Å². The van der Waals surface area contributed by atoms with Crippen LogP contribution in [-0.2, 0) is 22.5 Å². The Morgan fingerprint density at radius 2 is 2.10 bits per heavy atom. The number of carbonyl (C=O) groups excluding carboxylic acids is 1. The molecule has 0 atom stereocenters. The lowest BCUT2D eigenvalue weighted by molar-refractivity contribution is -0.141. The summed E-state index contributed by atoms with van der Waals surface area (Å²) in [5.74, 6) is -0.229. The Morgan fingerprint density at radius 3 is 2.75 bits per heavy atom. The quantitative estimate of drug-likeness (QED) is 0.851. The number of benzene rings is 1. The molecule has 0 amide bonds. The van der Waals surface area contributed by atoms with Crippen LogP contribution in [0.15, 0.2) is 18.3 Å². The Labute approximate surface area is 119 Å². The van der Waals surface area contributed by atoms with Crippen LogP contribution in [-0.4, -0.2) is 24.2 Å². The van der Waals surface area contributed by atoms with Crippen molar-refractivity contribution in [2.45, 2.75) is 33.2 Å². The first-order chi connectivity index (χ1) is 9.56. The zero-order chi connectivity index (χ0) is 14.7. The Bertz CT molecular complexity index is 629. The third-order valence-electron chi connectivity index (χ3n) is 3.57. The number of fused-ring (bicyclic) bond motifs is 1. The average molecular weight is 274 g/mol. The molecule has 0 aliphatic heterocycles. The smallest absolute Gasteiger partial charge is 0.325 e. The minimum atomic E-state index is -0.229. The molecular weight excluding hydrogens is 252 g/mol. The number of carbonyl (C=O) groups is 1. The number of aromatic nitrogens is 1. The molecule has 0 bridgehead atoms. The van der Waals surface area contributed by atoms with Gasteiger partial charge in [-0.2, -0.15) is 0 Å². The molecule has 108 valence electrons. The number of rotatable bonds is 5. The van der Waals surface area contributed by atoms with Crippen LogP contribution in [0.2, 0.25) is 0 Å². The molecule has 2 rings (SSSR count). The van der Waals surface area contributed by atoms with Crippen molar-refractivity contribution in [1.29, 1.82) is 0 Å². The summed E-state index contributed by atoms with van der Waals surface area (Å²) in [6, 6.07) is 4.32. The second kappa shape index (κ2) is 6.09. The van der Waals surface area contributed by atoms with E-state index >= 15 is 0 Å². The normalized spacial score (nSPS) is 11.0. The van der Waals surface area contributed by atoms with Gasteiger partial charge in [0.05, 0.1) is 12.6 Å². The summed E-state index contributed by atoms with van der Waals surface area (Å²) in [5, 5.41) is 1.22. The molecule has 0 aliphatic rings. The van der Waals surface area contributed by atoms with Crippen molar-refractivity contribution >= 4 is 16.9 Å². The van der Waals surface area contributed by atoms with Gasteiger partial charge in [0.15, 0.2) is 0 Å². The van der Waals surface area contributed by atoms with Gasteiger partial charge in [0.1, 0.15) is 6.54 Å². The van der Waals surface area contributed by atoms with Gasteiger partial charge in [-0.05, 0) is 50.4 Å². The number of methoxy groups -OCH3 is 1. The number of aryl methyl sites for hydroxylation is 3. The molecule has 1 aromatic carbocycles. The summed E-state index contributed by atoms with van der Waals surface area (Å²) >= 11 is 0. The van der Waals surface area contributed by atoms with E-state index in [1.165, 1.54) is 29.2 Å². The van der Waals surface area contributed by atoms with Gasteiger partial charge in [0, 0.05) is 11.6 Å². The number of hydrogen-bond acceptors (Lipinski definition) is 3. The van der Waals surface area contributed by atoms with Crippen LogP contribution in [0.25, 0.3) is 10.9 Å². The first-order valence-corrected chi connectivity index (χ1v) is 6.92. The van der Waals surface area contributed by atoms with Gasteiger partial charge in [-0.3, -0.25) is 4.79 Å². The largest absolute Gasteiger partial charge is 0.468 e. The zero-order valence-corrected chi connectivity index (χ0v) is 12.4. The molecule has 2 N–H and O–H groups in total. The lowest BCUT2D eigenvalue weighted by Gasteiger charge is -2.07. The maximum Gasteiger partial charge on any atom is 0.325 e. The zero-order valence-electron chi connectivity index (χ0n) is 12.4. The summed E-state index contributed by atoms with van der Waals surface area (Å²) < 4.78 is 6.77. The van der Waals surface area contributed by atoms with Crippen molar-refractivity contribution in [2.24, 2.45) is 5.73 Å². The van der Waals surface area contributed by atoms with E-state index in [2.05, 4.69) is 32.2 Å². The van der Waals surface area contributed by atoms with E-state index < -0.39 is 0 Å². The predicted octanol–water partition coefficient (Wildman–Crippen LogP) is 2.32. The van der Waals surface area contributed by atoms with E-state index in [0.29, 0.717) is 6.54 Å². The van der Waals surface area contributed by atoms with Crippen LogP contribution < -0.4 is 5.73 Å². The maximum atomic E-state index is 11.6. The summed E-state index contributed by atoms with van der Waals surface area (Å²) in [7, 11) is 1.42. The fourth-order valence-corrected chi connectivity index (χ4v) is 2.73. The van der Waals surface area contributed by atoms with Crippen molar-refractivity contribution in [3.05, 3.63) is 35.0 Å². The van der Waals surface area contributed by atoms with Crippen molar-refractivity contribution in [2.75, 3.05) is 13.7 Å². The molecule has 1 aromatic heterocycles. The third-order valence-corrected chi connectivity index (χ3v) is 3.57. The first-order valence-electron chi connectivity index (χ1n) is 6.92. The highest BCUT2D eigenvalue weighted by Crippen LogP contribution is 2.27. The predicted molar refractivity (Wildman–Crippen MR) is 80.8 cm³/mol. The summed E-state index contributed by atoms with van der Waals surface area (Å²) in [6.07, 6.45) is 3.94. The summed E-state index contributed by atoms with van der Waals surface area (Å²) in [4.78, 5) is 11.6. The molecule has 0 fully saturated rings. The van der Waals surface area contributed by atoms with Crippen LogP contribution >= 0.6 is 0 Å². The average Bonchev–Trinajstić information content (AvgIpc) is 2.74. The Kier molecular flexibility index (Phi) is 4.45. The highest BCUT2D eigenvalue weighted by molar-refractivity contribution is 5.88. The van der Waals surface area contributed by atoms with Crippen LogP contribution in [0.5, 0.6) is 0 Å². The van der Waals surface area contributed by atoms with E-state index in [0.717, 1.165) is 18.4 Å². The topological polar surface area (TPSA) is 57.2 Å². The molecule has 1 heterocycles. The lowest BCUT2D eigenvalue weighted by atomic mass is 10.0. The lowest BCUT2D eigenvalue weighted by Crippen LogP contribution is -2.11. The third kappa shape index (κ3) is 2.85. The molecule has 0 saturated heterocycles. The highest BCUT2D eigenvalue weighted by Gasteiger charge is 2.13. The maximum absolute atomic E-state index is 11.6. The van der Waals surface area contributed by atoms with E-state index in [9.17, 15) is 4.79 Å². The molecule has 0 radical (unpaired) electrons. The van der Waals surface area contributed by atoms with E-state index in [1.807, 2.05) is 4.57 Å². The first kappa shape index (κ1) is 14.6. The number of ether oxygens (including phenoxy) is 1. The van der Waals surface area contributed by atoms with Gasteiger partial charge < -0.3 is 15.0 Å². The molecule has 20 heavy (non-hydrogen) atoms. The van der Waals surface area contributed by atoms with Gasteiger partial charge >= 0.3 is 5.97 Å². The van der Waals surface area contributed by atoms with Crippen molar-refractivity contribution in [3.8, 4) is 0 Å². The molecule has 0 unspecified atom stereocenters. The second-order valence-electron chi connectivity index (χ2n) is 5.23. The molecule has 0 aliphatic carbocycles. The van der Waals surface area contributed by atoms with Crippen molar-refractivity contribution < 1.29 is 9.53 Å². The molecule has 0 saturated carbocycles. The SMILES string of the molecule is COC(=O)Cn1cc(CCCN)c2cc(C)cc(C)c21. The van der Waals surface area contributed by atoms with Gasteiger partial charge in [-0.1, -0.05) is 11.6 Å². The van der Waals surface area contributed by atoms with Crippen LogP contribution in [0.3, 0.4) is 0 Å². The minimum absolute atomic E-state index is 0.229. The minimum Gasteiger partial charge on any atom is -0.468 e. The van der Waals surface area contributed by atoms with Crippen LogP contribution in [0, 0.1) is 13.8 Å². The molecule has 4 nitrogen and oxygen atoms in total. The van der Waals surface area contributed by atoms with Gasteiger partial charge in [-0.25, -0.2) is 0 Å². The van der Waals surface area contributed by atoms with E-state index in [-0.39, 0.29) is 12.5 Å².